The Morgan fingerprint density at radius 2 is 2.05 bits per heavy atom. The average Bonchev–Trinajstić information content (AvgIpc) is 2.34. The molecule has 1 atom stereocenters. The Morgan fingerprint density at radius 1 is 1.35 bits per heavy atom. The van der Waals surface area contributed by atoms with Gasteiger partial charge in [0.05, 0.1) is 11.7 Å². The number of carboxylic acids is 1. The fourth-order valence-corrected chi connectivity index (χ4v) is 3.91. The highest BCUT2D eigenvalue weighted by Crippen LogP contribution is 2.18. The van der Waals surface area contributed by atoms with Crippen LogP contribution in [0.2, 0.25) is 0 Å². The molecule has 0 spiro atoms. The molecule has 0 aliphatic rings. The Hall–Kier alpha value is -0.880. The summed E-state index contributed by atoms with van der Waals surface area (Å²) in [6, 6.07) is 7.41. The number of benzene rings is 1. The quantitative estimate of drug-likeness (QED) is 0.771. The second-order valence-electron chi connectivity index (χ2n) is 4.81. The zero-order chi connectivity index (χ0) is 15.2. The Morgan fingerprint density at radius 3 is 2.60 bits per heavy atom. The zero-order valence-electron chi connectivity index (χ0n) is 11.4. The van der Waals surface area contributed by atoms with Gasteiger partial charge in [-0.1, -0.05) is 35.0 Å². The van der Waals surface area contributed by atoms with Crippen molar-refractivity contribution >= 4 is 31.7 Å². The zero-order valence-corrected chi connectivity index (χ0v) is 13.8. The van der Waals surface area contributed by atoms with E-state index in [4.69, 9.17) is 0 Å². The number of halogens is 1. The molecule has 0 aliphatic carbocycles. The summed E-state index contributed by atoms with van der Waals surface area (Å²) in [6.45, 7) is 1.80. The van der Waals surface area contributed by atoms with Crippen LogP contribution < -0.4 is 0 Å². The summed E-state index contributed by atoms with van der Waals surface area (Å²) in [7, 11) is -3.13. The number of carboxylic acid groups (broad SMARTS) is 1. The molecule has 1 aromatic rings. The molecule has 0 aliphatic heterocycles. The fourth-order valence-electron chi connectivity index (χ4n) is 2.00. The smallest absolute Gasteiger partial charge is 0.306 e. The number of hydrogen-bond donors (Lipinski definition) is 1. The second-order valence-corrected chi connectivity index (χ2v) is 8.03. The lowest BCUT2D eigenvalue weighted by atomic mass is 9.97. The predicted octanol–water partition coefficient (Wildman–Crippen LogP) is 2.91. The minimum atomic E-state index is -3.13. The monoisotopic (exact) mass is 362 g/mol. The molecule has 0 heterocycles. The molecule has 0 aromatic heterocycles. The first kappa shape index (κ1) is 17.2. The molecule has 0 fully saturated rings. The molecule has 4 nitrogen and oxygen atoms in total. The van der Waals surface area contributed by atoms with E-state index >= 15 is 0 Å². The Kier molecular flexibility index (Phi) is 6.68. The Balaban J connectivity index is 2.69. The Labute approximate surface area is 128 Å². The van der Waals surface area contributed by atoms with E-state index < -0.39 is 21.7 Å². The Bertz CT molecular complexity index is 554. The van der Waals surface area contributed by atoms with Gasteiger partial charge >= 0.3 is 5.97 Å². The van der Waals surface area contributed by atoms with Gasteiger partial charge in [-0.25, -0.2) is 8.42 Å². The summed E-state index contributed by atoms with van der Waals surface area (Å²) < 4.78 is 24.2. The van der Waals surface area contributed by atoms with Gasteiger partial charge in [0.25, 0.3) is 0 Å². The molecule has 112 valence electrons. The fraction of sp³-hybridized carbons (Fsp3) is 0.500. The maximum Gasteiger partial charge on any atom is 0.306 e. The molecule has 0 amide bonds. The van der Waals surface area contributed by atoms with Crippen molar-refractivity contribution < 1.29 is 18.3 Å². The summed E-state index contributed by atoms with van der Waals surface area (Å²) in [5.74, 6) is -1.56. The van der Waals surface area contributed by atoms with Gasteiger partial charge in [0.15, 0.2) is 0 Å². The van der Waals surface area contributed by atoms with Crippen molar-refractivity contribution in [3.05, 3.63) is 34.3 Å². The first-order valence-corrected chi connectivity index (χ1v) is 9.13. The van der Waals surface area contributed by atoms with Crippen molar-refractivity contribution in [3.63, 3.8) is 0 Å². The van der Waals surface area contributed by atoms with E-state index in [0.717, 1.165) is 10.0 Å². The van der Waals surface area contributed by atoms with E-state index in [1.54, 1.807) is 6.92 Å². The van der Waals surface area contributed by atoms with Gasteiger partial charge in [-0.3, -0.25) is 4.79 Å². The average molecular weight is 363 g/mol. The lowest BCUT2D eigenvalue weighted by Gasteiger charge is -2.12. The first-order valence-electron chi connectivity index (χ1n) is 6.51. The van der Waals surface area contributed by atoms with Crippen molar-refractivity contribution in [2.75, 3.05) is 11.5 Å². The highest BCUT2D eigenvalue weighted by molar-refractivity contribution is 9.10. The molecule has 20 heavy (non-hydrogen) atoms. The van der Waals surface area contributed by atoms with Crippen LogP contribution in [0.4, 0.5) is 0 Å². The maximum absolute atomic E-state index is 11.7. The highest BCUT2D eigenvalue weighted by atomic mass is 79.9. The van der Waals surface area contributed by atoms with Crippen LogP contribution in [0.1, 0.15) is 25.3 Å². The minimum absolute atomic E-state index is 0.0637. The summed E-state index contributed by atoms with van der Waals surface area (Å²) in [6.07, 6.45) is 1.06. The molecule has 1 unspecified atom stereocenters. The van der Waals surface area contributed by atoms with Gasteiger partial charge in [0.1, 0.15) is 9.84 Å². The van der Waals surface area contributed by atoms with Crippen LogP contribution in [0.15, 0.2) is 28.7 Å². The van der Waals surface area contributed by atoms with Crippen molar-refractivity contribution in [1.29, 1.82) is 0 Å². The SMILES string of the molecule is CCCS(=O)(=O)CCC(Cc1cccc(Br)c1)C(=O)O. The summed E-state index contributed by atoms with van der Waals surface area (Å²) >= 11 is 3.34. The minimum Gasteiger partial charge on any atom is -0.481 e. The summed E-state index contributed by atoms with van der Waals surface area (Å²) in [5.41, 5.74) is 0.889. The van der Waals surface area contributed by atoms with Gasteiger partial charge in [-0.05, 0) is 37.0 Å². The third-order valence-corrected chi connectivity index (χ3v) is 5.39. The van der Waals surface area contributed by atoms with Crippen LogP contribution in [-0.2, 0) is 21.1 Å². The molecular formula is C14H19BrO4S. The largest absolute Gasteiger partial charge is 0.481 e. The number of sulfone groups is 1. The van der Waals surface area contributed by atoms with E-state index in [2.05, 4.69) is 15.9 Å². The number of hydrogen-bond acceptors (Lipinski definition) is 3. The number of carbonyl (C=O) groups is 1. The summed E-state index contributed by atoms with van der Waals surface area (Å²) in [5, 5.41) is 9.22. The first-order chi connectivity index (χ1) is 9.34. The molecule has 0 saturated heterocycles. The van der Waals surface area contributed by atoms with E-state index in [0.29, 0.717) is 12.8 Å². The molecule has 0 saturated carbocycles. The molecular weight excluding hydrogens is 344 g/mol. The van der Waals surface area contributed by atoms with Gasteiger partial charge in [0, 0.05) is 10.2 Å². The van der Waals surface area contributed by atoms with Crippen LogP contribution in [0.25, 0.3) is 0 Å². The van der Waals surface area contributed by atoms with Crippen LogP contribution in [0.3, 0.4) is 0 Å². The lowest BCUT2D eigenvalue weighted by molar-refractivity contribution is -0.141. The van der Waals surface area contributed by atoms with Gasteiger partial charge in [0.2, 0.25) is 0 Å². The third-order valence-electron chi connectivity index (χ3n) is 3.01. The van der Waals surface area contributed by atoms with E-state index in [1.807, 2.05) is 24.3 Å². The van der Waals surface area contributed by atoms with Crippen LogP contribution in [-0.4, -0.2) is 31.0 Å². The van der Waals surface area contributed by atoms with Crippen LogP contribution in [0.5, 0.6) is 0 Å². The van der Waals surface area contributed by atoms with Crippen LogP contribution >= 0.6 is 15.9 Å². The third kappa shape index (κ3) is 6.05. The van der Waals surface area contributed by atoms with Gasteiger partial charge in [-0.15, -0.1) is 0 Å². The lowest BCUT2D eigenvalue weighted by Crippen LogP contribution is -2.21. The standard InChI is InChI=1S/C14H19BrO4S/c1-2-7-20(18,19)8-6-12(14(16)17)9-11-4-3-5-13(15)10-11/h3-5,10,12H,2,6-9H2,1H3,(H,16,17). The summed E-state index contributed by atoms with van der Waals surface area (Å²) in [4.78, 5) is 11.3. The van der Waals surface area contributed by atoms with Gasteiger partial charge < -0.3 is 5.11 Å². The van der Waals surface area contributed by atoms with E-state index in [9.17, 15) is 18.3 Å². The van der Waals surface area contributed by atoms with Crippen molar-refractivity contribution in [2.45, 2.75) is 26.2 Å². The molecule has 0 radical (unpaired) electrons. The highest BCUT2D eigenvalue weighted by Gasteiger charge is 2.21. The molecule has 1 aromatic carbocycles. The van der Waals surface area contributed by atoms with Crippen molar-refractivity contribution in [2.24, 2.45) is 5.92 Å². The maximum atomic E-state index is 11.7. The van der Waals surface area contributed by atoms with Crippen molar-refractivity contribution in [3.8, 4) is 0 Å². The number of rotatable bonds is 8. The van der Waals surface area contributed by atoms with Gasteiger partial charge in [-0.2, -0.15) is 0 Å². The predicted molar refractivity (Wildman–Crippen MR) is 82.5 cm³/mol. The molecule has 0 bridgehead atoms. The molecule has 6 heteroatoms. The molecule has 1 N–H and O–H groups in total. The van der Waals surface area contributed by atoms with E-state index in [1.165, 1.54) is 0 Å². The number of aliphatic carboxylic acids is 1. The molecule has 1 rings (SSSR count). The normalized spacial score (nSPS) is 13.1. The van der Waals surface area contributed by atoms with Crippen molar-refractivity contribution in [1.82, 2.24) is 0 Å². The second kappa shape index (κ2) is 7.78. The topological polar surface area (TPSA) is 71.4 Å². The van der Waals surface area contributed by atoms with E-state index in [-0.39, 0.29) is 17.9 Å². The van der Waals surface area contributed by atoms with Crippen LogP contribution in [0, 0.1) is 5.92 Å².